The highest BCUT2D eigenvalue weighted by Gasteiger charge is 2.18. The summed E-state index contributed by atoms with van der Waals surface area (Å²) in [6, 6.07) is 1.63. The summed E-state index contributed by atoms with van der Waals surface area (Å²) in [5.74, 6) is 0. The highest BCUT2D eigenvalue weighted by molar-refractivity contribution is 7.89. The zero-order valence-electron chi connectivity index (χ0n) is 10.0. The topological polar surface area (TPSA) is 81.4 Å². The van der Waals surface area contributed by atoms with Crippen molar-refractivity contribution in [2.24, 2.45) is 5.73 Å². The van der Waals surface area contributed by atoms with Gasteiger partial charge in [-0.05, 0) is 19.9 Å². The van der Waals surface area contributed by atoms with Gasteiger partial charge >= 0.3 is 0 Å². The molecule has 1 aromatic heterocycles. The lowest BCUT2D eigenvalue weighted by molar-refractivity contribution is 0.153. The van der Waals surface area contributed by atoms with E-state index in [-0.39, 0.29) is 6.54 Å². The second-order valence-corrected chi connectivity index (χ2v) is 6.51. The maximum absolute atomic E-state index is 11.9. The van der Waals surface area contributed by atoms with Crippen molar-refractivity contribution < 1.29 is 13.2 Å². The zero-order valence-corrected chi connectivity index (χ0v) is 11.7. The summed E-state index contributed by atoms with van der Waals surface area (Å²) < 4.78 is 31.5. The second-order valence-electron chi connectivity index (χ2n) is 3.43. The number of hydrogen-bond acceptors (Lipinski definition) is 5. The molecule has 0 aliphatic carbocycles. The Morgan fingerprint density at radius 1 is 1.53 bits per heavy atom. The zero-order chi connectivity index (χ0) is 12.9. The number of nitrogens with one attached hydrogen (secondary N) is 1. The molecule has 0 atom stereocenters. The number of nitrogens with two attached hydrogens (primary N) is 1. The van der Waals surface area contributed by atoms with Crippen molar-refractivity contribution in [3.8, 4) is 0 Å². The highest BCUT2D eigenvalue weighted by Crippen LogP contribution is 2.24. The molecule has 7 heteroatoms. The Morgan fingerprint density at radius 3 is 2.76 bits per heavy atom. The van der Waals surface area contributed by atoms with E-state index in [1.165, 1.54) is 11.3 Å². The van der Waals surface area contributed by atoms with Crippen LogP contribution in [0.3, 0.4) is 0 Å². The molecule has 0 saturated carbocycles. The van der Waals surface area contributed by atoms with Crippen LogP contribution >= 0.6 is 11.3 Å². The number of ether oxygens (including phenoxy) is 1. The third-order valence-electron chi connectivity index (χ3n) is 2.16. The second kappa shape index (κ2) is 6.46. The van der Waals surface area contributed by atoms with Crippen molar-refractivity contribution in [2.45, 2.75) is 25.3 Å². The van der Waals surface area contributed by atoms with E-state index in [1.807, 2.05) is 6.92 Å². The Balaban J connectivity index is 2.72. The van der Waals surface area contributed by atoms with Crippen LogP contribution < -0.4 is 10.5 Å². The maximum atomic E-state index is 11.9. The minimum Gasteiger partial charge on any atom is -0.380 e. The van der Waals surface area contributed by atoms with Gasteiger partial charge in [-0.15, -0.1) is 11.3 Å². The van der Waals surface area contributed by atoms with E-state index in [1.54, 1.807) is 13.0 Å². The van der Waals surface area contributed by atoms with E-state index in [9.17, 15) is 8.42 Å². The van der Waals surface area contributed by atoms with Gasteiger partial charge in [0.05, 0.1) is 11.5 Å². The maximum Gasteiger partial charge on any atom is 0.241 e. The molecule has 0 fully saturated rings. The van der Waals surface area contributed by atoms with Gasteiger partial charge in [-0.3, -0.25) is 0 Å². The van der Waals surface area contributed by atoms with Gasteiger partial charge in [-0.25, -0.2) is 13.1 Å². The molecule has 0 radical (unpaired) electrons. The molecule has 0 aliphatic rings. The summed E-state index contributed by atoms with van der Waals surface area (Å²) >= 11 is 1.41. The summed E-state index contributed by atoms with van der Waals surface area (Å²) in [5, 5.41) is 0. The molecule has 17 heavy (non-hydrogen) atoms. The first-order chi connectivity index (χ1) is 8.01. The first kappa shape index (κ1) is 14.6. The monoisotopic (exact) mass is 278 g/mol. The molecule has 1 heterocycles. The summed E-state index contributed by atoms with van der Waals surface area (Å²) in [5.41, 5.74) is 5.49. The first-order valence-electron chi connectivity index (χ1n) is 5.38. The van der Waals surface area contributed by atoms with Gasteiger partial charge in [0.1, 0.15) is 0 Å². The van der Waals surface area contributed by atoms with Crippen molar-refractivity contribution >= 4 is 21.4 Å². The minimum absolute atomic E-state index is 0.281. The number of hydrogen-bond donors (Lipinski definition) is 2. The van der Waals surface area contributed by atoms with Gasteiger partial charge in [0.2, 0.25) is 10.0 Å². The molecule has 1 aromatic rings. The van der Waals surface area contributed by atoms with E-state index in [4.69, 9.17) is 10.5 Å². The van der Waals surface area contributed by atoms with Gasteiger partial charge in [-0.1, -0.05) is 0 Å². The molecule has 5 nitrogen and oxygen atoms in total. The van der Waals surface area contributed by atoms with Crippen molar-refractivity contribution in [3.05, 3.63) is 15.8 Å². The molecule has 3 N–H and O–H groups in total. The summed E-state index contributed by atoms with van der Waals surface area (Å²) in [6.45, 7) is 5.24. The van der Waals surface area contributed by atoms with E-state index in [2.05, 4.69) is 4.72 Å². The first-order valence-corrected chi connectivity index (χ1v) is 7.68. The molecule has 0 saturated heterocycles. The van der Waals surface area contributed by atoms with Crippen molar-refractivity contribution in [1.82, 2.24) is 4.72 Å². The van der Waals surface area contributed by atoms with Crippen LogP contribution in [0.15, 0.2) is 11.0 Å². The van der Waals surface area contributed by atoms with Crippen LogP contribution in [-0.2, 0) is 21.3 Å². The van der Waals surface area contributed by atoms with Crippen LogP contribution in [0.5, 0.6) is 0 Å². The summed E-state index contributed by atoms with van der Waals surface area (Å²) in [6.07, 6.45) is 0. The Labute approximate surface area is 106 Å². The fourth-order valence-corrected chi connectivity index (χ4v) is 3.89. The van der Waals surface area contributed by atoms with Crippen LogP contribution in [0.1, 0.15) is 16.7 Å². The summed E-state index contributed by atoms with van der Waals surface area (Å²) in [4.78, 5) is 1.95. The Kier molecular flexibility index (Phi) is 5.54. The van der Waals surface area contributed by atoms with Crippen LogP contribution in [0, 0.1) is 6.92 Å². The lowest BCUT2D eigenvalue weighted by atomic mass is 10.4. The number of sulfonamides is 1. The molecule has 0 amide bonds. The van der Waals surface area contributed by atoms with Crippen LogP contribution in [0.4, 0.5) is 0 Å². The minimum atomic E-state index is -3.44. The molecular weight excluding hydrogens is 260 g/mol. The quantitative estimate of drug-likeness (QED) is 0.724. The molecule has 98 valence electrons. The number of thiophene rings is 1. The van der Waals surface area contributed by atoms with Gasteiger partial charge < -0.3 is 10.5 Å². The highest BCUT2D eigenvalue weighted by atomic mass is 32.2. The van der Waals surface area contributed by atoms with E-state index in [0.717, 1.165) is 9.75 Å². The average molecular weight is 278 g/mol. The molecule has 1 rings (SSSR count). The lowest BCUT2D eigenvalue weighted by Gasteiger charge is -2.05. The van der Waals surface area contributed by atoms with Crippen molar-refractivity contribution in [2.75, 3.05) is 19.8 Å². The van der Waals surface area contributed by atoms with Crippen LogP contribution in [0.25, 0.3) is 0 Å². The van der Waals surface area contributed by atoms with Gasteiger partial charge in [0.25, 0.3) is 0 Å². The van der Waals surface area contributed by atoms with Gasteiger partial charge in [0, 0.05) is 29.5 Å². The Hall–Kier alpha value is -0.470. The predicted molar refractivity (Wildman–Crippen MR) is 68.6 cm³/mol. The van der Waals surface area contributed by atoms with E-state index < -0.39 is 10.0 Å². The van der Waals surface area contributed by atoms with Gasteiger partial charge in [-0.2, -0.15) is 0 Å². The standard InChI is InChI=1S/C10H18N2O3S2/c1-3-15-5-4-12-17(13,14)10-6-9(7-11)16-8(10)2/h6,12H,3-5,7,11H2,1-2H3. The smallest absolute Gasteiger partial charge is 0.241 e. The van der Waals surface area contributed by atoms with Crippen LogP contribution in [-0.4, -0.2) is 28.2 Å². The summed E-state index contributed by atoms with van der Waals surface area (Å²) in [7, 11) is -3.44. The van der Waals surface area contributed by atoms with E-state index >= 15 is 0 Å². The fraction of sp³-hybridized carbons (Fsp3) is 0.600. The third-order valence-corrected chi connectivity index (χ3v) is 4.95. The van der Waals surface area contributed by atoms with Crippen LogP contribution in [0.2, 0.25) is 0 Å². The molecule has 0 spiro atoms. The van der Waals surface area contributed by atoms with Crippen molar-refractivity contribution in [1.29, 1.82) is 0 Å². The molecular formula is C10H18N2O3S2. The van der Waals surface area contributed by atoms with Crippen molar-refractivity contribution in [3.63, 3.8) is 0 Å². The lowest BCUT2D eigenvalue weighted by Crippen LogP contribution is -2.27. The Morgan fingerprint density at radius 2 is 2.24 bits per heavy atom. The number of aryl methyl sites for hydroxylation is 1. The molecule has 0 bridgehead atoms. The molecule has 0 aromatic carbocycles. The fourth-order valence-electron chi connectivity index (χ4n) is 1.36. The van der Waals surface area contributed by atoms with E-state index in [0.29, 0.717) is 24.7 Å². The molecule has 0 aliphatic heterocycles. The SMILES string of the molecule is CCOCCNS(=O)(=O)c1cc(CN)sc1C. The number of rotatable bonds is 7. The molecule has 0 unspecified atom stereocenters. The predicted octanol–water partition coefficient (Wildman–Crippen LogP) is 0.830. The normalized spacial score (nSPS) is 11.9. The third kappa shape index (κ3) is 4.04. The van der Waals surface area contributed by atoms with Gasteiger partial charge in [0.15, 0.2) is 0 Å². The largest absolute Gasteiger partial charge is 0.380 e. The average Bonchev–Trinajstić information content (AvgIpc) is 2.67. The Bertz CT molecular complexity index is 454.